The second-order valence-electron chi connectivity index (χ2n) is 7.20. The quantitative estimate of drug-likeness (QED) is 0.763. The van der Waals surface area contributed by atoms with E-state index >= 15 is 0 Å². The maximum atomic E-state index is 12.8. The number of aromatic carboxylic acids is 1. The van der Waals surface area contributed by atoms with Gasteiger partial charge in [-0.25, -0.2) is 13.2 Å². The van der Waals surface area contributed by atoms with Gasteiger partial charge in [-0.3, -0.25) is 4.79 Å². The standard InChI is InChI=1S/C19H28N2O5S/c1-4-5-17(14(2)3)18(22)20-10-12-21(13-11-20)27(25,26)16-8-6-15(7-9-16)19(23)24/h6-9,14,17H,4-5,10-13H2,1-3H3,(H,23,24). The molecule has 7 nitrogen and oxygen atoms in total. The molecule has 1 unspecified atom stereocenters. The summed E-state index contributed by atoms with van der Waals surface area (Å²) in [6.07, 6.45) is 1.78. The van der Waals surface area contributed by atoms with E-state index in [4.69, 9.17) is 5.11 Å². The number of carboxylic acid groups (broad SMARTS) is 1. The Morgan fingerprint density at radius 2 is 1.63 bits per heavy atom. The second-order valence-corrected chi connectivity index (χ2v) is 9.14. The van der Waals surface area contributed by atoms with Gasteiger partial charge in [0.05, 0.1) is 10.5 Å². The third-order valence-corrected chi connectivity index (χ3v) is 6.92. The summed E-state index contributed by atoms with van der Waals surface area (Å²) >= 11 is 0. The minimum atomic E-state index is -3.70. The summed E-state index contributed by atoms with van der Waals surface area (Å²) in [5.41, 5.74) is 0.0417. The smallest absolute Gasteiger partial charge is 0.335 e. The third-order valence-electron chi connectivity index (χ3n) is 5.01. The highest BCUT2D eigenvalue weighted by Crippen LogP contribution is 2.23. The molecule has 0 bridgehead atoms. The topological polar surface area (TPSA) is 95.0 Å². The number of carboxylic acids is 1. The molecule has 150 valence electrons. The van der Waals surface area contributed by atoms with Crippen LogP contribution in [-0.4, -0.2) is 60.8 Å². The fourth-order valence-corrected chi connectivity index (χ4v) is 4.78. The van der Waals surface area contributed by atoms with Crippen LogP contribution in [0.15, 0.2) is 29.2 Å². The van der Waals surface area contributed by atoms with E-state index < -0.39 is 16.0 Å². The van der Waals surface area contributed by atoms with Crippen molar-refractivity contribution in [3.63, 3.8) is 0 Å². The Morgan fingerprint density at radius 1 is 1.07 bits per heavy atom. The van der Waals surface area contributed by atoms with Crippen LogP contribution in [0.1, 0.15) is 44.0 Å². The van der Waals surface area contributed by atoms with Crippen LogP contribution in [0.5, 0.6) is 0 Å². The average molecular weight is 397 g/mol. The SMILES string of the molecule is CCCC(C(=O)N1CCN(S(=O)(=O)c2ccc(C(=O)O)cc2)CC1)C(C)C. The van der Waals surface area contributed by atoms with Crippen molar-refractivity contribution in [2.45, 2.75) is 38.5 Å². The van der Waals surface area contributed by atoms with Crippen molar-refractivity contribution in [1.82, 2.24) is 9.21 Å². The minimum Gasteiger partial charge on any atom is -0.478 e. The van der Waals surface area contributed by atoms with E-state index in [0.717, 1.165) is 12.8 Å². The molecule has 0 saturated carbocycles. The molecule has 1 atom stereocenters. The third kappa shape index (κ3) is 4.87. The van der Waals surface area contributed by atoms with E-state index in [1.54, 1.807) is 4.90 Å². The fraction of sp³-hybridized carbons (Fsp3) is 0.579. The summed E-state index contributed by atoms with van der Waals surface area (Å²) in [5.74, 6) is -0.763. The van der Waals surface area contributed by atoms with E-state index in [0.29, 0.717) is 13.1 Å². The molecule has 0 spiro atoms. The number of carbonyl (C=O) groups is 2. The predicted molar refractivity (Wildman–Crippen MR) is 102 cm³/mol. The number of sulfonamides is 1. The molecule has 0 aliphatic carbocycles. The fourth-order valence-electron chi connectivity index (χ4n) is 3.35. The molecule has 1 N–H and O–H groups in total. The van der Waals surface area contributed by atoms with Crippen LogP contribution in [0.25, 0.3) is 0 Å². The van der Waals surface area contributed by atoms with E-state index in [1.165, 1.54) is 28.6 Å². The summed E-state index contributed by atoms with van der Waals surface area (Å²) in [4.78, 5) is 25.5. The van der Waals surface area contributed by atoms with Crippen LogP contribution >= 0.6 is 0 Å². The van der Waals surface area contributed by atoms with Crippen molar-refractivity contribution in [2.75, 3.05) is 26.2 Å². The molecule has 1 aromatic carbocycles. The lowest BCUT2D eigenvalue weighted by atomic mass is 9.90. The lowest BCUT2D eigenvalue weighted by Crippen LogP contribution is -2.52. The first-order chi connectivity index (χ1) is 12.7. The first kappa shape index (κ1) is 21.4. The summed E-state index contributed by atoms with van der Waals surface area (Å²) in [6.45, 7) is 7.37. The zero-order chi connectivity index (χ0) is 20.2. The molecule has 27 heavy (non-hydrogen) atoms. The molecule has 1 aliphatic rings. The van der Waals surface area contributed by atoms with Crippen molar-refractivity contribution >= 4 is 21.9 Å². The molecule has 1 amide bonds. The lowest BCUT2D eigenvalue weighted by molar-refractivity contribution is -0.138. The normalized spacial score (nSPS) is 17.1. The number of piperazine rings is 1. The number of hydrogen-bond donors (Lipinski definition) is 1. The van der Waals surface area contributed by atoms with E-state index in [1.807, 2.05) is 13.8 Å². The van der Waals surface area contributed by atoms with Crippen molar-refractivity contribution in [1.29, 1.82) is 0 Å². The Morgan fingerprint density at radius 3 is 2.07 bits per heavy atom. The maximum Gasteiger partial charge on any atom is 0.335 e. The van der Waals surface area contributed by atoms with Gasteiger partial charge in [-0.2, -0.15) is 4.31 Å². The molecule has 8 heteroatoms. The number of rotatable bonds is 7. The number of benzene rings is 1. The molecule has 1 aromatic rings. The van der Waals surface area contributed by atoms with Gasteiger partial charge in [0.1, 0.15) is 0 Å². The highest BCUT2D eigenvalue weighted by molar-refractivity contribution is 7.89. The summed E-state index contributed by atoms with van der Waals surface area (Å²) in [6, 6.07) is 5.19. The summed E-state index contributed by atoms with van der Waals surface area (Å²) in [5, 5.41) is 8.93. The van der Waals surface area contributed by atoms with Crippen molar-refractivity contribution in [2.24, 2.45) is 11.8 Å². The number of hydrogen-bond acceptors (Lipinski definition) is 4. The van der Waals surface area contributed by atoms with E-state index in [2.05, 4.69) is 6.92 Å². The first-order valence-corrected chi connectivity index (χ1v) is 10.7. The molecular weight excluding hydrogens is 368 g/mol. The molecule has 1 fully saturated rings. The van der Waals surface area contributed by atoms with Crippen LogP contribution in [0, 0.1) is 11.8 Å². The van der Waals surface area contributed by atoms with Crippen molar-refractivity contribution in [3.05, 3.63) is 29.8 Å². The molecule has 1 saturated heterocycles. The Kier molecular flexibility index (Phi) is 7.00. The summed E-state index contributed by atoms with van der Waals surface area (Å²) < 4.78 is 26.9. The van der Waals surface area contributed by atoms with Gasteiger partial charge in [0.15, 0.2) is 0 Å². The predicted octanol–water partition coefficient (Wildman–Crippen LogP) is 2.29. The van der Waals surface area contributed by atoms with Gasteiger partial charge in [-0.1, -0.05) is 27.2 Å². The summed E-state index contributed by atoms with van der Waals surface area (Å²) in [7, 11) is -3.70. The Balaban J connectivity index is 2.05. The molecule has 0 radical (unpaired) electrons. The minimum absolute atomic E-state index is 0.0262. The highest BCUT2D eigenvalue weighted by atomic mass is 32.2. The Hall–Kier alpha value is -1.93. The zero-order valence-electron chi connectivity index (χ0n) is 16.1. The van der Waals surface area contributed by atoms with Crippen LogP contribution in [0.2, 0.25) is 0 Å². The molecule has 0 aromatic heterocycles. The Labute approximate surface area is 161 Å². The Bertz CT molecular complexity index is 766. The number of amides is 1. The van der Waals surface area contributed by atoms with Gasteiger partial charge in [0, 0.05) is 32.1 Å². The van der Waals surface area contributed by atoms with Gasteiger partial charge in [-0.05, 0) is 36.6 Å². The number of nitrogens with zero attached hydrogens (tertiary/aromatic N) is 2. The van der Waals surface area contributed by atoms with Crippen LogP contribution < -0.4 is 0 Å². The van der Waals surface area contributed by atoms with Crippen molar-refractivity contribution in [3.8, 4) is 0 Å². The molecular formula is C19H28N2O5S. The van der Waals surface area contributed by atoms with E-state index in [9.17, 15) is 18.0 Å². The highest BCUT2D eigenvalue weighted by Gasteiger charge is 2.33. The van der Waals surface area contributed by atoms with Crippen LogP contribution in [0.3, 0.4) is 0 Å². The maximum absolute atomic E-state index is 12.8. The number of carbonyl (C=O) groups excluding carboxylic acids is 1. The van der Waals surface area contributed by atoms with Gasteiger partial charge in [0.25, 0.3) is 0 Å². The van der Waals surface area contributed by atoms with E-state index in [-0.39, 0.29) is 41.3 Å². The van der Waals surface area contributed by atoms with Gasteiger partial charge < -0.3 is 10.0 Å². The second kappa shape index (κ2) is 8.84. The lowest BCUT2D eigenvalue weighted by Gasteiger charge is -2.36. The first-order valence-electron chi connectivity index (χ1n) is 9.30. The largest absolute Gasteiger partial charge is 0.478 e. The monoisotopic (exact) mass is 396 g/mol. The molecule has 1 aliphatic heterocycles. The molecule has 1 heterocycles. The van der Waals surface area contributed by atoms with Crippen molar-refractivity contribution < 1.29 is 23.1 Å². The molecule has 2 rings (SSSR count). The van der Waals surface area contributed by atoms with Crippen LogP contribution in [0.4, 0.5) is 0 Å². The zero-order valence-corrected chi connectivity index (χ0v) is 16.9. The van der Waals surface area contributed by atoms with Crippen LogP contribution in [-0.2, 0) is 14.8 Å². The average Bonchev–Trinajstić information content (AvgIpc) is 2.65. The van der Waals surface area contributed by atoms with Gasteiger partial charge >= 0.3 is 5.97 Å². The van der Waals surface area contributed by atoms with Gasteiger partial charge in [0.2, 0.25) is 15.9 Å². The van der Waals surface area contributed by atoms with Gasteiger partial charge in [-0.15, -0.1) is 0 Å².